The lowest BCUT2D eigenvalue weighted by molar-refractivity contribution is 0.481. The van der Waals surface area contributed by atoms with E-state index in [1.165, 1.54) is 0 Å². The molecule has 5 heteroatoms. The molecule has 0 fully saturated rings. The highest BCUT2D eigenvalue weighted by molar-refractivity contribution is 6.29. The summed E-state index contributed by atoms with van der Waals surface area (Å²) in [6, 6.07) is 3.44. The van der Waals surface area contributed by atoms with Crippen molar-refractivity contribution in [2.24, 2.45) is 10.4 Å². The number of nitrogens with zero attached hydrogens (tertiary/aromatic N) is 4. The first-order valence-electron chi connectivity index (χ1n) is 5.06. The molecule has 0 saturated heterocycles. The van der Waals surface area contributed by atoms with Gasteiger partial charge in [-0.05, 0) is 12.1 Å². The lowest BCUT2D eigenvalue weighted by Gasteiger charge is -2.27. The van der Waals surface area contributed by atoms with Crippen molar-refractivity contribution in [1.29, 1.82) is 0 Å². The lowest BCUT2D eigenvalue weighted by atomic mass is 9.94. The first-order valence-corrected chi connectivity index (χ1v) is 5.44. The minimum Gasteiger partial charge on any atom is -0.366 e. The predicted octanol–water partition coefficient (Wildman–Crippen LogP) is 2.77. The van der Waals surface area contributed by atoms with Gasteiger partial charge in [0, 0.05) is 19.5 Å². The molecule has 0 spiro atoms. The molecule has 16 heavy (non-hydrogen) atoms. The van der Waals surface area contributed by atoms with Crippen molar-refractivity contribution in [1.82, 2.24) is 15.1 Å². The number of aromatic nitrogens is 2. The first kappa shape index (κ1) is 12.9. The lowest BCUT2D eigenvalue weighted by Crippen LogP contribution is -2.34. The van der Waals surface area contributed by atoms with Gasteiger partial charge in [0.25, 0.3) is 0 Å². The molecule has 0 aliphatic carbocycles. The summed E-state index contributed by atoms with van der Waals surface area (Å²) in [7, 11) is 3.93. The van der Waals surface area contributed by atoms with Crippen molar-refractivity contribution in [3.63, 3.8) is 0 Å². The third-order valence-corrected chi connectivity index (χ3v) is 2.13. The summed E-state index contributed by atoms with van der Waals surface area (Å²) in [5, 5.41) is 8.06. The van der Waals surface area contributed by atoms with Gasteiger partial charge in [0.15, 0.2) is 11.0 Å². The molecule has 1 heterocycles. The van der Waals surface area contributed by atoms with E-state index in [1.807, 2.05) is 19.0 Å². The zero-order chi connectivity index (χ0) is 12.3. The van der Waals surface area contributed by atoms with E-state index in [2.05, 4.69) is 36.0 Å². The monoisotopic (exact) mass is 240 g/mol. The van der Waals surface area contributed by atoms with Crippen LogP contribution in [-0.4, -0.2) is 35.0 Å². The van der Waals surface area contributed by atoms with Crippen LogP contribution in [0.15, 0.2) is 17.1 Å². The Morgan fingerprint density at radius 1 is 1.25 bits per heavy atom. The fraction of sp³-hybridized carbons (Fsp3) is 0.545. The zero-order valence-corrected chi connectivity index (χ0v) is 11.1. The maximum atomic E-state index is 5.67. The van der Waals surface area contributed by atoms with Crippen LogP contribution in [0, 0.1) is 5.41 Å². The SMILES string of the molecule is CN(C)C(=Nc1ccc(Cl)nn1)C(C)(C)C. The number of aliphatic imine (C=N–C) groups is 1. The predicted molar refractivity (Wildman–Crippen MR) is 67.3 cm³/mol. The van der Waals surface area contributed by atoms with Gasteiger partial charge >= 0.3 is 0 Å². The van der Waals surface area contributed by atoms with Gasteiger partial charge in [-0.3, -0.25) is 0 Å². The molecular weight excluding hydrogens is 224 g/mol. The number of halogens is 1. The quantitative estimate of drug-likeness (QED) is 0.560. The van der Waals surface area contributed by atoms with Crippen molar-refractivity contribution in [2.75, 3.05) is 14.1 Å². The van der Waals surface area contributed by atoms with E-state index in [-0.39, 0.29) is 5.41 Å². The Bertz CT molecular complexity index is 376. The molecule has 0 amide bonds. The molecule has 0 radical (unpaired) electrons. The molecule has 0 N–H and O–H groups in total. The second kappa shape index (κ2) is 4.78. The molecule has 4 nitrogen and oxygen atoms in total. The van der Waals surface area contributed by atoms with Crippen LogP contribution >= 0.6 is 11.6 Å². The van der Waals surface area contributed by atoms with Crippen LogP contribution in [0.1, 0.15) is 20.8 Å². The third-order valence-electron chi connectivity index (χ3n) is 1.93. The highest BCUT2D eigenvalue weighted by Crippen LogP contribution is 2.21. The van der Waals surface area contributed by atoms with Gasteiger partial charge in [-0.2, -0.15) is 0 Å². The Hall–Kier alpha value is -1.16. The Kier molecular flexibility index (Phi) is 3.86. The minimum absolute atomic E-state index is 0.0369. The molecule has 1 aromatic rings. The maximum Gasteiger partial charge on any atom is 0.176 e. The average Bonchev–Trinajstić information content (AvgIpc) is 2.14. The Labute approximate surface area is 101 Å². The number of hydrogen-bond donors (Lipinski definition) is 0. The van der Waals surface area contributed by atoms with Crippen LogP contribution in [0.25, 0.3) is 0 Å². The zero-order valence-electron chi connectivity index (χ0n) is 10.3. The fourth-order valence-corrected chi connectivity index (χ4v) is 1.52. The molecule has 0 aliphatic heterocycles. The summed E-state index contributed by atoms with van der Waals surface area (Å²) >= 11 is 5.67. The average molecular weight is 241 g/mol. The molecule has 0 saturated carbocycles. The van der Waals surface area contributed by atoms with Crippen LogP contribution in [0.2, 0.25) is 5.15 Å². The van der Waals surface area contributed by atoms with Crippen LogP contribution in [0.3, 0.4) is 0 Å². The van der Waals surface area contributed by atoms with Gasteiger partial charge in [0.2, 0.25) is 0 Å². The summed E-state index contributed by atoms with van der Waals surface area (Å²) in [6.07, 6.45) is 0. The van der Waals surface area contributed by atoms with Crippen LogP contribution in [0.5, 0.6) is 0 Å². The Morgan fingerprint density at radius 2 is 1.88 bits per heavy atom. The molecular formula is C11H17ClN4. The number of amidine groups is 1. The summed E-state index contributed by atoms with van der Waals surface area (Å²) < 4.78 is 0. The topological polar surface area (TPSA) is 41.4 Å². The molecule has 0 atom stereocenters. The van der Waals surface area contributed by atoms with Gasteiger partial charge in [-0.15, -0.1) is 10.2 Å². The highest BCUT2D eigenvalue weighted by atomic mass is 35.5. The molecule has 0 aliphatic rings. The van der Waals surface area contributed by atoms with Gasteiger partial charge in [-0.1, -0.05) is 32.4 Å². The standard InChI is InChI=1S/C11H17ClN4/c1-11(2,3)10(16(4)5)13-9-7-6-8(12)14-15-9/h6-7H,1-5H3. The van der Waals surface area contributed by atoms with E-state index >= 15 is 0 Å². The molecule has 0 aromatic carbocycles. The smallest absolute Gasteiger partial charge is 0.176 e. The summed E-state index contributed by atoms with van der Waals surface area (Å²) in [5.74, 6) is 1.52. The van der Waals surface area contributed by atoms with Crippen molar-refractivity contribution in [2.45, 2.75) is 20.8 Å². The molecule has 0 bridgehead atoms. The van der Waals surface area contributed by atoms with Crippen molar-refractivity contribution >= 4 is 23.3 Å². The molecule has 1 aromatic heterocycles. The summed E-state index contributed by atoms with van der Waals surface area (Å²) in [6.45, 7) is 6.32. The summed E-state index contributed by atoms with van der Waals surface area (Å²) in [5.41, 5.74) is -0.0369. The van der Waals surface area contributed by atoms with E-state index in [1.54, 1.807) is 12.1 Å². The molecule has 0 unspecified atom stereocenters. The van der Waals surface area contributed by atoms with Crippen molar-refractivity contribution < 1.29 is 0 Å². The second-order valence-corrected chi connectivity index (χ2v) is 5.18. The normalized spacial score (nSPS) is 12.8. The van der Waals surface area contributed by atoms with Crippen molar-refractivity contribution in [3.05, 3.63) is 17.3 Å². The number of hydrogen-bond acceptors (Lipinski definition) is 3. The second-order valence-electron chi connectivity index (χ2n) is 4.79. The minimum atomic E-state index is -0.0369. The van der Waals surface area contributed by atoms with E-state index < -0.39 is 0 Å². The largest absolute Gasteiger partial charge is 0.366 e. The van der Waals surface area contributed by atoms with E-state index in [0.29, 0.717) is 11.0 Å². The van der Waals surface area contributed by atoms with E-state index in [9.17, 15) is 0 Å². The Morgan fingerprint density at radius 3 is 2.25 bits per heavy atom. The Balaban J connectivity index is 3.08. The van der Waals surface area contributed by atoms with Gasteiger partial charge in [-0.25, -0.2) is 4.99 Å². The van der Waals surface area contributed by atoms with E-state index in [4.69, 9.17) is 11.6 Å². The fourth-order valence-electron chi connectivity index (χ4n) is 1.42. The maximum absolute atomic E-state index is 5.67. The van der Waals surface area contributed by atoms with Gasteiger partial charge < -0.3 is 4.90 Å². The van der Waals surface area contributed by atoms with Crippen molar-refractivity contribution in [3.8, 4) is 0 Å². The van der Waals surface area contributed by atoms with Crippen LogP contribution < -0.4 is 0 Å². The first-order chi connectivity index (χ1) is 7.30. The summed E-state index contributed by atoms with van der Waals surface area (Å²) in [4.78, 5) is 6.46. The number of rotatable bonds is 1. The van der Waals surface area contributed by atoms with Crippen LogP contribution in [0.4, 0.5) is 5.82 Å². The molecule has 88 valence electrons. The van der Waals surface area contributed by atoms with Gasteiger partial charge in [0.05, 0.1) is 0 Å². The third kappa shape index (κ3) is 3.45. The van der Waals surface area contributed by atoms with Crippen LogP contribution in [-0.2, 0) is 0 Å². The highest BCUT2D eigenvalue weighted by Gasteiger charge is 2.21. The van der Waals surface area contributed by atoms with Gasteiger partial charge in [0.1, 0.15) is 5.84 Å². The molecule has 1 rings (SSSR count). The van der Waals surface area contributed by atoms with E-state index in [0.717, 1.165) is 5.84 Å².